The van der Waals surface area contributed by atoms with E-state index in [0.717, 1.165) is 39.1 Å². The van der Waals surface area contributed by atoms with Crippen molar-refractivity contribution < 1.29 is 14.6 Å². The number of hydrogen-bond donors (Lipinski definition) is 1. The number of carboxylic acid groups (broad SMARTS) is 1. The van der Waals surface area contributed by atoms with Gasteiger partial charge in [-0.15, -0.1) is 0 Å². The maximum absolute atomic E-state index is 11.1. The fourth-order valence-corrected chi connectivity index (χ4v) is 2.11. The van der Waals surface area contributed by atoms with Crippen LogP contribution in [0.2, 0.25) is 0 Å². The second-order valence-corrected chi connectivity index (χ2v) is 4.19. The Balaban J connectivity index is 2.41. The molecule has 0 amide bonds. The first-order valence-electron chi connectivity index (χ1n) is 5.87. The molecule has 1 saturated heterocycles. The molecule has 0 saturated carbocycles. The zero-order valence-corrected chi connectivity index (χ0v) is 10.2. The van der Waals surface area contributed by atoms with Crippen LogP contribution in [0.5, 0.6) is 0 Å². The second-order valence-electron chi connectivity index (χ2n) is 4.19. The van der Waals surface area contributed by atoms with Gasteiger partial charge in [0.1, 0.15) is 6.04 Å². The van der Waals surface area contributed by atoms with Crippen molar-refractivity contribution in [1.82, 2.24) is 9.80 Å². The van der Waals surface area contributed by atoms with Gasteiger partial charge in [0, 0.05) is 33.3 Å². The highest BCUT2D eigenvalue weighted by Crippen LogP contribution is 2.07. The lowest BCUT2D eigenvalue weighted by molar-refractivity contribution is -0.146. The molecule has 16 heavy (non-hydrogen) atoms. The molecule has 5 heteroatoms. The summed E-state index contributed by atoms with van der Waals surface area (Å²) in [6.45, 7) is 7.10. The third kappa shape index (κ3) is 3.73. The molecular weight excluding hydrogens is 208 g/mol. The molecular formula is C11H22N2O3. The number of aliphatic carboxylic acids is 1. The van der Waals surface area contributed by atoms with Crippen LogP contribution in [0.15, 0.2) is 0 Å². The van der Waals surface area contributed by atoms with E-state index in [1.807, 2.05) is 4.90 Å². The maximum atomic E-state index is 11.1. The topological polar surface area (TPSA) is 53.0 Å². The summed E-state index contributed by atoms with van der Waals surface area (Å²) < 4.78 is 4.96. The molecule has 0 aliphatic carbocycles. The molecule has 0 aromatic heterocycles. The van der Waals surface area contributed by atoms with E-state index in [1.165, 1.54) is 0 Å². The van der Waals surface area contributed by atoms with Crippen molar-refractivity contribution in [1.29, 1.82) is 0 Å². The number of carbonyl (C=O) groups is 1. The summed E-state index contributed by atoms with van der Waals surface area (Å²) in [5, 5.41) is 9.09. The first kappa shape index (κ1) is 13.4. The number of methoxy groups -OCH3 is 1. The van der Waals surface area contributed by atoms with Crippen LogP contribution in [0, 0.1) is 0 Å². The van der Waals surface area contributed by atoms with Gasteiger partial charge in [0.2, 0.25) is 0 Å². The summed E-state index contributed by atoms with van der Waals surface area (Å²) in [6, 6.07) is -0.492. The Hall–Kier alpha value is -0.650. The van der Waals surface area contributed by atoms with Gasteiger partial charge in [0.15, 0.2) is 0 Å². The zero-order valence-electron chi connectivity index (χ0n) is 10.2. The first-order chi connectivity index (χ1) is 7.69. The molecule has 1 aliphatic rings. The lowest BCUT2D eigenvalue weighted by atomic mass is 10.2. The number of piperazine rings is 1. The summed E-state index contributed by atoms with van der Waals surface area (Å²) in [4.78, 5) is 15.4. The first-order valence-corrected chi connectivity index (χ1v) is 5.87. The Kier molecular flexibility index (Phi) is 5.73. The van der Waals surface area contributed by atoms with Gasteiger partial charge in [-0.3, -0.25) is 9.69 Å². The quantitative estimate of drug-likeness (QED) is 0.702. The summed E-state index contributed by atoms with van der Waals surface area (Å²) in [7, 11) is 1.54. The molecule has 1 heterocycles. The Morgan fingerprint density at radius 3 is 2.44 bits per heavy atom. The van der Waals surface area contributed by atoms with Crippen molar-refractivity contribution >= 4 is 5.97 Å². The molecule has 5 nitrogen and oxygen atoms in total. The third-order valence-corrected chi connectivity index (χ3v) is 3.00. The third-order valence-electron chi connectivity index (χ3n) is 3.00. The van der Waals surface area contributed by atoms with E-state index in [-0.39, 0.29) is 6.61 Å². The van der Waals surface area contributed by atoms with E-state index >= 15 is 0 Å². The highest BCUT2D eigenvalue weighted by Gasteiger charge is 2.28. The molecule has 0 radical (unpaired) electrons. The number of hydrogen-bond acceptors (Lipinski definition) is 4. The van der Waals surface area contributed by atoms with Gasteiger partial charge >= 0.3 is 5.97 Å². The fraction of sp³-hybridized carbons (Fsp3) is 0.909. The van der Waals surface area contributed by atoms with Crippen LogP contribution in [0.4, 0.5) is 0 Å². The van der Waals surface area contributed by atoms with E-state index in [4.69, 9.17) is 9.84 Å². The standard InChI is InChI=1S/C11H22N2O3/c1-3-4-12-5-7-13(8-6-12)10(9-16-2)11(14)15/h10H,3-9H2,1-2H3,(H,14,15). The van der Waals surface area contributed by atoms with Crippen molar-refractivity contribution in [2.75, 3.05) is 46.4 Å². The zero-order chi connectivity index (χ0) is 12.0. The lowest BCUT2D eigenvalue weighted by Crippen LogP contribution is -2.54. The second kappa shape index (κ2) is 6.83. The fourth-order valence-electron chi connectivity index (χ4n) is 2.11. The average molecular weight is 230 g/mol. The highest BCUT2D eigenvalue weighted by molar-refractivity contribution is 5.73. The summed E-state index contributed by atoms with van der Waals surface area (Å²) in [5.74, 6) is -0.786. The van der Waals surface area contributed by atoms with Crippen molar-refractivity contribution in [3.63, 3.8) is 0 Å². The smallest absolute Gasteiger partial charge is 0.323 e. The largest absolute Gasteiger partial charge is 0.480 e. The summed E-state index contributed by atoms with van der Waals surface area (Å²) in [5.41, 5.74) is 0. The predicted octanol–water partition coefficient (Wildman–Crippen LogP) is 0.114. The molecule has 1 N–H and O–H groups in total. The molecule has 0 bridgehead atoms. The van der Waals surface area contributed by atoms with E-state index in [9.17, 15) is 4.79 Å². The molecule has 1 rings (SSSR count). The minimum absolute atomic E-state index is 0.267. The normalized spacial score (nSPS) is 20.9. The van der Waals surface area contributed by atoms with Crippen LogP contribution in [-0.2, 0) is 9.53 Å². The Morgan fingerprint density at radius 1 is 1.38 bits per heavy atom. The van der Waals surface area contributed by atoms with Gasteiger partial charge in [-0.05, 0) is 13.0 Å². The summed E-state index contributed by atoms with van der Waals surface area (Å²) >= 11 is 0. The Morgan fingerprint density at radius 2 is 2.00 bits per heavy atom. The van der Waals surface area contributed by atoms with Crippen LogP contribution >= 0.6 is 0 Å². The predicted molar refractivity (Wildman–Crippen MR) is 61.6 cm³/mol. The van der Waals surface area contributed by atoms with Crippen LogP contribution < -0.4 is 0 Å². The molecule has 1 fully saturated rings. The highest BCUT2D eigenvalue weighted by atomic mass is 16.5. The van der Waals surface area contributed by atoms with Gasteiger partial charge in [0.05, 0.1) is 6.61 Å². The summed E-state index contributed by atoms with van der Waals surface area (Å²) in [6.07, 6.45) is 1.15. The number of ether oxygens (including phenoxy) is 1. The van der Waals surface area contributed by atoms with Crippen molar-refractivity contribution in [2.24, 2.45) is 0 Å². The molecule has 0 aromatic carbocycles. The van der Waals surface area contributed by atoms with Crippen LogP contribution in [0.1, 0.15) is 13.3 Å². The molecule has 1 aliphatic heterocycles. The minimum Gasteiger partial charge on any atom is -0.480 e. The van der Waals surface area contributed by atoms with Gasteiger partial charge < -0.3 is 14.7 Å². The molecule has 94 valence electrons. The minimum atomic E-state index is -0.786. The Bertz CT molecular complexity index is 215. The molecule has 1 atom stereocenters. The molecule has 1 unspecified atom stereocenters. The van der Waals surface area contributed by atoms with Gasteiger partial charge in [0.25, 0.3) is 0 Å². The van der Waals surface area contributed by atoms with E-state index < -0.39 is 12.0 Å². The molecule has 0 aromatic rings. The monoisotopic (exact) mass is 230 g/mol. The van der Waals surface area contributed by atoms with Crippen molar-refractivity contribution in [2.45, 2.75) is 19.4 Å². The van der Waals surface area contributed by atoms with E-state index in [2.05, 4.69) is 11.8 Å². The SMILES string of the molecule is CCCN1CCN(C(COC)C(=O)O)CC1. The lowest BCUT2D eigenvalue weighted by Gasteiger charge is -2.37. The number of carboxylic acids is 1. The Labute approximate surface area is 97.0 Å². The van der Waals surface area contributed by atoms with Gasteiger partial charge in [-0.1, -0.05) is 6.92 Å². The van der Waals surface area contributed by atoms with Crippen LogP contribution in [-0.4, -0.2) is 73.4 Å². The number of nitrogens with zero attached hydrogens (tertiary/aromatic N) is 2. The maximum Gasteiger partial charge on any atom is 0.323 e. The van der Waals surface area contributed by atoms with Crippen molar-refractivity contribution in [3.05, 3.63) is 0 Å². The molecule has 0 spiro atoms. The van der Waals surface area contributed by atoms with Crippen LogP contribution in [0.25, 0.3) is 0 Å². The van der Waals surface area contributed by atoms with Gasteiger partial charge in [-0.25, -0.2) is 0 Å². The van der Waals surface area contributed by atoms with Crippen LogP contribution in [0.3, 0.4) is 0 Å². The average Bonchev–Trinajstić information content (AvgIpc) is 2.27. The van der Waals surface area contributed by atoms with Gasteiger partial charge in [-0.2, -0.15) is 0 Å². The van der Waals surface area contributed by atoms with E-state index in [0.29, 0.717) is 0 Å². The number of rotatable bonds is 6. The van der Waals surface area contributed by atoms with Crippen molar-refractivity contribution in [3.8, 4) is 0 Å². The van der Waals surface area contributed by atoms with E-state index in [1.54, 1.807) is 7.11 Å².